The Morgan fingerprint density at radius 3 is 2.60 bits per heavy atom. The van der Waals surface area contributed by atoms with Crippen molar-refractivity contribution < 1.29 is 24.0 Å². The van der Waals surface area contributed by atoms with Crippen LogP contribution in [0.15, 0.2) is 18.2 Å². The van der Waals surface area contributed by atoms with Gasteiger partial charge in [-0.05, 0) is 25.0 Å². The van der Waals surface area contributed by atoms with Crippen LogP contribution in [0.2, 0.25) is 0 Å². The van der Waals surface area contributed by atoms with E-state index in [0.29, 0.717) is 44.2 Å². The molecule has 2 heterocycles. The highest BCUT2D eigenvalue weighted by molar-refractivity contribution is 5.97. The maximum atomic E-state index is 12.5. The predicted molar refractivity (Wildman–Crippen MR) is 115 cm³/mol. The molecule has 3 N–H and O–H groups in total. The van der Waals surface area contributed by atoms with Crippen LogP contribution in [0.4, 0.5) is 10.5 Å². The predicted octanol–water partition coefficient (Wildman–Crippen LogP) is 0.957. The molecule has 0 aromatic heterocycles. The van der Waals surface area contributed by atoms with Crippen LogP contribution in [0.25, 0.3) is 0 Å². The van der Waals surface area contributed by atoms with E-state index in [1.165, 1.54) is 25.9 Å². The van der Waals surface area contributed by atoms with Crippen molar-refractivity contribution in [2.45, 2.75) is 45.6 Å². The van der Waals surface area contributed by atoms with Gasteiger partial charge in [-0.25, -0.2) is 4.79 Å². The molecule has 0 saturated carbocycles. The van der Waals surface area contributed by atoms with Gasteiger partial charge in [0.25, 0.3) is 0 Å². The van der Waals surface area contributed by atoms with E-state index in [1.807, 2.05) is 18.2 Å². The van der Waals surface area contributed by atoms with E-state index in [4.69, 9.17) is 9.47 Å². The van der Waals surface area contributed by atoms with Crippen LogP contribution in [0.3, 0.4) is 0 Å². The Bertz CT molecular complexity index is 721. The standard InChI is InChI=1S/C22H34N4O4/c1-3-9-25(10-4-2)11-5-8-23-22(28)24-17-14-21(27)26(16-17)18-6-7-19-20(15-18)30-13-12-29-19/h6-7,15,17H,3-5,8-14,16H2,1-2H3,(H2,23,24,28)/p+1/t17-/m1/s1. The van der Waals surface area contributed by atoms with Crippen molar-refractivity contribution in [3.63, 3.8) is 0 Å². The van der Waals surface area contributed by atoms with Gasteiger partial charge in [0.05, 0.1) is 25.7 Å². The van der Waals surface area contributed by atoms with Crippen molar-refractivity contribution >= 4 is 17.6 Å². The van der Waals surface area contributed by atoms with E-state index in [9.17, 15) is 9.59 Å². The summed E-state index contributed by atoms with van der Waals surface area (Å²) in [5, 5.41) is 5.86. The molecule has 3 rings (SSSR count). The number of amides is 3. The Morgan fingerprint density at radius 1 is 1.13 bits per heavy atom. The lowest BCUT2D eigenvalue weighted by Gasteiger charge is -2.22. The van der Waals surface area contributed by atoms with Crippen LogP contribution in [0.1, 0.15) is 39.5 Å². The Kier molecular flexibility index (Phi) is 8.19. The molecule has 0 unspecified atom stereocenters. The topological polar surface area (TPSA) is 84.3 Å². The minimum absolute atomic E-state index is 0.00430. The monoisotopic (exact) mass is 419 g/mol. The second-order valence-electron chi connectivity index (χ2n) is 7.99. The smallest absolute Gasteiger partial charge is 0.315 e. The summed E-state index contributed by atoms with van der Waals surface area (Å²) in [5.41, 5.74) is 0.767. The summed E-state index contributed by atoms with van der Waals surface area (Å²) in [5.74, 6) is 1.35. The lowest BCUT2D eigenvalue weighted by atomic mass is 10.2. The Labute approximate surface area is 178 Å². The third-order valence-electron chi connectivity index (χ3n) is 5.50. The van der Waals surface area contributed by atoms with E-state index in [-0.39, 0.29) is 18.0 Å². The van der Waals surface area contributed by atoms with Gasteiger partial charge in [0.15, 0.2) is 11.5 Å². The highest BCUT2D eigenvalue weighted by Crippen LogP contribution is 2.35. The molecule has 1 fully saturated rings. The number of urea groups is 1. The number of fused-ring (bicyclic) bond motifs is 1. The van der Waals surface area contributed by atoms with Crippen LogP contribution < -0.4 is 29.9 Å². The van der Waals surface area contributed by atoms with Gasteiger partial charge >= 0.3 is 6.03 Å². The number of rotatable bonds is 10. The number of benzene rings is 1. The molecule has 0 bridgehead atoms. The highest BCUT2D eigenvalue weighted by Gasteiger charge is 2.32. The maximum absolute atomic E-state index is 12.5. The van der Waals surface area contributed by atoms with Crippen molar-refractivity contribution in [1.29, 1.82) is 0 Å². The van der Waals surface area contributed by atoms with E-state index in [1.54, 1.807) is 9.80 Å². The van der Waals surface area contributed by atoms with Gasteiger partial charge in [-0.2, -0.15) is 0 Å². The summed E-state index contributed by atoms with van der Waals surface area (Å²) in [6, 6.07) is 5.11. The molecule has 2 aliphatic heterocycles. The molecule has 0 aliphatic carbocycles. The molecule has 166 valence electrons. The van der Waals surface area contributed by atoms with Crippen LogP contribution in [0, 0.1) is 0 Å². The van der Waals surface area contributed by atoms with Crippen molar-refractivity contribution in [3.05, 3.63) is 18.2 Å². The van der Waals surface area contributed by atoms with Gasteiger partial charge in [0.2, 0.25) is 5.91 Å². The van der Waals surface area contributed by atoms with Gasteiger partial charge < -0.3 is 29.9 Å². The zero-order valence-electron chi connectivity index (χ0n) is 18.2. The molecule has 30 heavy (non-hydrogen) atoms. The second kappa shape index (κ2) is 11.1. The van der Waals surface area contributed by atoms with Gasteiger partial charge in [-0.1, -0.05) is 13.8 Å². The third-order valence-corrected chi connectivity index (χ3v) is 5.50. The molecule has 2 aliphatic rings. The fraction of sp³-hybridized carbons (Fsp3) is 0.636. The lowest BCUT2D eigenvalue weighted by molar-refractivity contribution is -0.900. The minimum atomic E-state index is -0.204. The first-order valence-corrected chi connectivity index (χ1v) is 11.2. The second-order valence-corrected chi connectivity index (χ2v) is 7.99. The molecule has 1 aromatic carbocycles. The summed E-state index contributed by atoms with van der Waals surface area (Å²) in [6.45, 7) is 9.99. The third kappa shape index (κ3) is 6.01. The summed E-state index contributed by atoms with van der Waals surface area (Å²) < 4.78 is 11.1. The quantitative estimate of drug-likeness (QED) is 0.493. The van der Waals surface area contributed by atoms with E-state index in [2.05, 4.69) is 24.5 Å². The Morgan fingerprint density at radius 2 is 1.87 bits per heavy atom. The van der Waals surface area contributed by atoms with E-state index >= 15 is 0 Å². The fourth-order valence-corrected chi connectivity index (χ4v) is 4.11. The normalized spacial score (nSPS) is 18.0. The maximum Gasteiger partial charge on any atom is 0.315 e. The number of carbonyl (C=O) groups excluding carboxylic acids is 2. The Balaban J connectivity index is 1.42. The summed E-state index contributed by atoms with van der Waals surface area (Å²) >= 11 is 0. The number of hydrogen-bond acceptors (Lipinski definition) is 4. The number of nitrogens with one attached hydrogen (secondary N) is 3. The molecule has 1 saturated heterocycles. The zero-order valence-corrected chi connectivity index (χ0v) is 18.2. The molecular formula is C22H35N4O4+. The van der Waals surface area contributed by atoms with Crippen molar-refractivity contribution in [1.82, 2.24) is 10.6 Å². The summed E-state index contributed by atoms with van der Waals surface area (Å²) in [6.07, 6.45) is 3.61. The van der Waals surface area contributed by atoms with Crippen LogP contribution in [0.5, 0.6) is 11.5 Å². The average molecular weight is 420 g/mol. The van der Waals surface area contributed by atoms with Gasteiger partial charge in [-0.15, -0.1) is 0 Å². The first-order valence-electron chi connectivity index (χ1n) is 11.2. The SMILES string of the molecule is CCC[NH+](CCC)CCCNC(=O)N[C@@H]1CC(=O)N(c2ccc3c(c2)OCCO3)C1. The minimum Gasteiger partial charge on any atom is -0.486 e. The first-order chi connectivity index (χ1) is 14.6. The number of ether oxygens (including phenoxy) is 2. The molecule has 8 nitrogen and oxygen atoms in total. The number of carbonyl (C=O) groups is 2. The molecule has 1 aromatic rings. The zero-order chi connectivity index (χ0) is 21.3. The van der Waals surface area contributed by atoms with Crippen molar-refractivity contribution in [3.8, 4) is 11.5 Å². The largest absolute Gasteiger partial charge is 0.486 e. The number of anilines is 1. The van der Waals surface area contributed by atoms with Crippen LogP contribution in [-0.2, 0) is 4.79 Å². The van der Waals surface area contributed by atoms with Crippen molar-refractivity contribution in [2.24, 2.45) is 0 Å². The molecule has 0 spiro atoms. The number of hydrogen-bond donors (Lipinski definition) is 3. The summed E-state index contributed by atoms with van der Waals surface area (Å²) in [7, 11) is 0. The van der Waals surface area contributed by atoms with Gasteiger partial charge in [-0.3, -0.25) is 4.79 Å². The van der Waals surface area contributed by atoms with Gasteiger partial charge in [0, 0.05) is 37.7 Å². The lowest BCUT2D eigenvalue weighted by Crippen LogP contribution is -3.12. The van der Waals surface area contributed by atoms with Crippen molar-refractivity contribution in [2.75, 3.05) is 50.8 Å². The summed E-state index contributed by atoms with van der Waals surface area (Å²) in [4.78, 5) is 28.0. The van der Waals surface area contributed by atoms with Crippen LogP contribution >= 0.6 is 0 Å². The molecule has 0 radical (unpaired) electrons. The Hall–Kier alpha value is -2.48. The van der Waals surface area contributed by atoms with E-state index < -0.39 is 0 Å². The van der Waals surface area contributed by atoms with Crippen LogP contribution in [-0.4, -0.2) is 63.9 Å². The molecule has 3 amide bonds. The molecular weight excluding hydrogens is 384 g/mol. The highest BCUT2D eigenvalue weighted by atomic mass is 16.6. The number of quaternary nitrogens is 1. The fourth-order valence-electron chi connectivity index (χ4n) is 4.11. The average Bonchev–Trinajstić information content (AvgIpc) is 3.11. The molecule has 1 atom stereocenters. The first kappa shape index (κ1) is 22.2. The number of nitrogens with zero attached hydrogens (tertiary/aromatic N) is 1. The van der Waals surface area contributed by atoms with Gasteiger partial charge in [0.1, 0.15) is 13.2 Å². The van der Waals surface area contributed by atoms with E-state index in [0.717, 1.165) is 18.7 Å². The molecule has 8 heteroatoms.